The lowest BCUT2D eigenvalue weighted by Gasteiger charge is -2.35. The normalized spacial score (nSPS) is 16.5. The van der Waals surface area contributed by atoms with Gasteiger partial charge < -0.3 is 4.74 Å². The number of piperidine rings is 1. The van der Waals surface area contributed by atoms with Crippen molar-refractivity contribution in [2.24, 2.45) is 5.92 Å². The van der Waals surface area contributed by atoms with Gasteiger partial charge in [0.25, 0.3) is 5.69 Å². The number of para-hydroxylation sites is 1. The fraction of sp³-hybridized carbons (Fsp3) is 0.381. The monoisotopic (exact) mass is 447 g/mol. The van der Waals surface area contributed by atoms with Gasteiger partial charge in [-0.2, -0.15) is 4.72 Å². The van der Waals surface area contributed by atoms with Crippen LogP contribution in [-0.4, -0.2) is 50.5 Å². The Morgan fingerprint density at radius 3 is 2.39 bits per heavy atom. The van der Waals surface area contributed by atoms with Crippen molar-refractivity contribution in [3.63, 3.8) is 0 Å². The van der Waals surface area contributed by atoms with Gasteiger partial charge in [0.2, 0.25) is 10.0 Å². The lowest BCUT2D eigenvalue weighted by atomic mass is 9.89. The standard InChI is InChI=1S/C21H25N3O6S/c1-30-21(25)20(22-31(28,29)19-10-6-5-9-18(19)24(26)27)17-11-13-23(14-12-17)15-16-7-3-2-4-8-16/h2-10,17,20,22H,11-15H2,1H3. The van der Waals surface area contributed by atoms with Gasteiger partial charge in [-0.1, -0.05) is 42.5 Å². The number of hydrogen-bond acceptors (Lipinski definition) is 7. The minimum Gasteiger partial charge on any atom is -0.468 e. The summed E-state index contributed by atoms with van der Waals surface area (Å²) in [5.74, 6) is -0.985. The Labute approximate surface area is 181 Å². The van der Waals surface area contributed by atoms with Crippen molar-refractivity contribution in [3.8, 4) is 0 Å². The van der Waals surface area contributed by atoms with Crippen molar-refractivity contribution < 1.29 is 22.9 Å². The number of nitrogens with one attached hydrogen (secondary N) is 1. The highest BCUT2D eigenvalue weighted by molar-refractivity contribution is 7.89. The van der Waals surface area contributed by atoms with E-state index in [0.717, 1.165) is 18.7 Å². The van der Waals surface area contributed by atoms with Crippen LogP contribution in [0.25, 0.3) is 0 Å². The first-order valence-electron chi connectivity index (χ1n) is 9.91. The van der Waals surface area contributed by atoms with Crippen LogP contribution in [0.4, 0.5) is 5.69 Å². The number of rotatable bonds is 8. The third-order valence-corrected chi connectivity index (χ3v) is 6.93. The SMILES string of the molecule is COC(=O)C(NS(=O)(=O)c1ccccc1[N+](=O)[O-])C1CCN(Cc2ccccc2)CC1. The zero-order valence-electron chi connectivity index (χ0n) is 17.1. The van der Waals surface area contributed by atoms with Gasteiger partial charge in [-0.25, -0.2) is 8.42 Å². The van der Waals surface area contributed by atoms with Crippen LogP contribution in [0.3, 0.4) is 0 Å². The smallest absolute Gasteiger partial charge is 0.324 e. The van der Waals surface area contributed by atoms with Gasteiger partial charge in [-0.05, 0) is 43.5 Å². The minimum absolute atomic E-state index is 0.281. The highest BCUT2D eigenvalue weighted by Crippen LogP contribution is 2.27. The van der Waals surface area contributed by atoms with Crippen LogP contribution in [0, 0.1) is 16.0 Å². The number of ether oxygens (including phenoxy) is 1. The molecule has 1 heterocycles. The second kappa shape index (κ2) is 9.99. The average Bonchev–Trinajstić information content (AvgIpc) is 2.78. The van der Waals surface area contributed by atoms with E-state index < -0.39 is 37.5 Å². The number of benzene rings is 2. The first-order valence-corrected chi connectivity index (χ1v) is 11.4. The van der Waals surface area contributed by atoms with Crippen molar-refractivity contribution in [3.05, 3.63) is 70.3 Å². The van der Waals surface area contributed by atoms with E-state index in [4.69, 9.17) is 4.74 Å². The molecule has 0 spiro atoms. The number of methoxy groups -OCH3 is 1. The molecule has 1 N–H and O–H groups in total. The molecule has 0 aromatic heterocycles. The summed E-state index contributed by atoms with van der Waals surface area (Å²) in [5.41, 5.74) is 0.638. The third kappa shape index (κ3) is 5.66. The maximum atomic E-state index is 12.9. The summed E-state index contributed by atoms with van der Waals surface area (Å²) < 4.78 is 33.0. The molecular weight excluding hydrogens is 422 g/mol. The van der Waals surface area contributed by atoms with E-state index in [1.54, 1.807) is 0 Å². The molecule has 1 saturated heterocycles. The van der Waals surface area contributed by atoms with Gasteiger partial charge in [0.05, 0.1) is 12.0 Å². The lowest BCUT2D eigenvalue weighted by molar-refractivity contribution is -0.387. The molecule has 2 aromatic rings. The van der Waals surface area contributed by atoms with Crippen molar-refractivity contribution in [2.45, 2.75) is 30.3 Å². The van der Waals surface area contributed by atoms with E-state index in [1.165, 1.54) is 24.8 Å². The maximum absolute atomic E-state index is 12.9. The number of nitro benzene ring substituents is 1. The maximum Gasteiger partial charge on any atom is 0.324 e. The fourth-order valence-corrected chi connectivity index (χ4v) is 5.24. The summed E-state index contributed by atoms with van der Waals surface area (Å²) >= 11 is 0. The second-order valence-electron chi connectivity index (χ2n) is 7.45. The predicted octanol–water partition coefficient (Wildman–Crippen LogP) is 2.33. The molecule has 0 saturated carbocycles. The lowest BCUT2D eigenvalue weighted by Crippen LogP contribution is -2.49. The van der Waals surface area contributed by atoms with Gasteiger partial charge in [-0.15, -0.1) is 0 Å². The molecule has 1 aliphatic heterocycles. The fourth-order valence-electron chi connectivity index (χ4n) is 3.82. The van der Waals surface area contributed by atoms with Crippen LogP contribution >= 0.6 is 0 Å². The first-order chi connectivity index (χ1) is 14.8. The van der Waals surface area contributed by atoms with Gasteiger partial charge >= 0.3 is 5.97 Å². The second-order valence-corrected chi connectivity index (χ2v) is 9.13. The number of likely N-dealkylation sites (tertiary alicyclic amines) is 1. The predicted molar refractivity (Wildman–Crippen MR) is 114 cm³/mol. The van der Waals surface area contributed by atoms with Crippen LogP contribution in [0.2, 0.25) is 0 Å². The van der Waals surface area contributed by atoms with E-state index in [-0.39, 0.29) is 5.92 Å². The molecule has 3 rings (SSSR count). The molecule has 1 aliphatic rings. The summed E-state index contributed by atoms with van der Waals surface area (Å²) in [4.78, 5) is 24.7. The largest absolute Gasteiger partial charge is 0.468 e. The quantitative estimate of drug-likeness (QED) is 0.375. The molecule has 166 valence electrons. The van der Waals surface area contributed by atoms with Crippen LogP contribution in [-0.2, 0) is 26.1 Å². The zero-order valence-corrected chi connectivity index (χ0v) is 18.0. The van der Waals surface area contributed by atoms with E-state index >= 15 is 0 Å². The third-order valence-electron chi connectivity index (χ3n) is 5.44. The summed E-state index contributed by atoms with van der Waals surface area (Å²) in [7, 11) is -3.11. The number of sulfonamides is 1. The Hall–Kier alpha value is -2.82. The van der Waals surface area contributed by atoms with Crippen LogP contribution in [0.15, 0.2) is 59.5 Å². The zero-order chi connectivity index (χ0) is 22.4. The molecule has 31 heavy (non-hydrogen) atoms. The molecule has 0 bridgehead atoms. The van der Waals surface area contributed by atoms with Crippen LogP contribution < -0.4 is 4.72 Å². The summed E-state index contributed by atoms with van der Waals surface area (Å²) in [6.45, 7) is 2.17. The Kier molecular flexibility index (Phi) is 7.37. The van der Waals surface area contributed by atoms with Crippen molar-refractivity contribution in [1.82, 2.24) is 9.62 Å². The number of carbonyl (C=O) groups is 1. The minimum atomic E-state index is -4.31. The Morgan fingerprint density at radius 1 is 1.16 bits per heavy atom. The molecule has 1 unspecified atom stereocenters. The number of hydrogen-bond donors (Lipinski definition) is 1. The highest BCUT2D eigenvalue weighted by atomic mass is 32.2. The number of nitrogens with zero attached hydrogens (tertiary/aromatic N) is 2. The van der Waals surface area contributed by atoms with Crippen LogP contribution in [0.5, 0.6) is 0 Å². The van der Waals surface area contributed by atoms with Gasteiger partial charge in [0.1, 0.15) is 6.04 Å². The van der Waals surface area contributed by atoms with Gasteiger partial charge in [-0.3, -0.25) is 19.8 Å². The molecule has 1 fully saturated rings. The highest BCUT2D eigenvalue weighted by Gasteiger charge is 2.37. The molecule has 0 aliphatic carbocycles. The van der Waals surface area contributed by atoms with Crippen molar-refractivity contribution in [1.29, 1.82) is 0 Å². The first kappa shape index (κ1) is 22.9. The number of nitro groups is 1. The van der Waals surface area contributed by atoms with Gasteiger partial charge in [0, 0.05) is 12.6 Å². The van der Waals surface area contributed by atoms with Crippen molar-refractivity contribution in [2.75, 3.05) is 20.2 Å². The topological polar surface area (TPSA) is 119 Å². The molecule has 0 radical (unpaired) electrons. The van der Waals surface area contributed by atoms with Crippen molar-refractivity contribution >= 4 is 21.7 Å². The number of carbonyl (C=O) groups excluding carboxylic acids is 1. The Balaban J connectivity index is 1.73. The molecule has 2 aromatic carbocycles. The Morgan fingerprint density at radius 2 is 1.77 bits per heavy atom. The molecule has 0 amide bonds. The molecule has 1 atom stereocenters. The summed E-state index contributed by atoms with van der Waals surface area (Å²) in [6.07, 6.45) is 1.18. The molecule has 9 nitrogen and oxygen atoms in total. The summed E-state index contributed by atoms with van der Waals surface area (Å²) in [6, 6.07) is 13.9. The van der Waals surface area contributed by atoms with E-state index in [9.17, 15) is 23.3 Å². The average molecular weight is 448 g/mol. The molecule has 10 heteroatoms. The van der Waals surface area contributed by atoms with E-state index in [2.05, 4.69) is 9.62 Å². The molecular formula is C21H25N3O6S. The Bertz CT molecular complexity index is 1020. The van der Waals surface area contributed by atoms with E-state index in [0.29, 0.717) is 25.9 Å². The van der Waals surface area contributed by atoms with Gasteiger partial charge in [0.15, 0.2) is 4.90 Å². The summed E-state index contributed by atoms with van der Waals surface area (Å²) in [5, 5.41) is 11.2. The van der Waals surface area contributed by atoms with Crippen LogP contribution in [0.1, 0.15) is 18.4 Å². The number of esters is 1. The van der Waals surface area contributed by atoms with E-state index in [1.807, 2.05) is 30.3 Å².